The van der Waals surface area contributed by atoms with Gasteiger partial charge in [0.1, 0.15) is 12.4 Å². The summed E-state index contributed by atoms with van der Waals surface area (Å²) in [4.78, 5) is 28.9. The maximum absolute atomic E-state index is 12.5. The van der Waals surface area contributed by atoms with Gasteiger partial charge >= 0.3 is 5.97 Å². The minimum Gasteiger partial charge on any atom is -0.460 e. The van der Waals surface area contributed by atoms with Gasteiger partial charge in [-0.15, -0.1) is 0 Å². The molecular weight excluding hydrogens is 328 g/mol. The third-order valence-corrected chi connectivity index (χ3v) is 3.90. The Kier molecular flexibility index (Phi) is 4.62. The molecule has 0 N–H and O–H groups in total. The van der Waals surface area contributed by atoms with E-state index in [1.165, 1.54) is 4.57 Å². The summed E-state index contributed by atoms with van der Waals surface area (Å²) in [6.45, 7) is 2.08. The molecule has 5 nitrogen and oxygen atoms in total. The van der Waals surface area contributed by atoms with E-state index in [2.05, 4.69) is 4.98 Å². The number of carbonyl (C=O) groups excluding carboxylic acids is 1. The Balaban J connectivity index is 1.74. The molecule has 0 radical (unpaired) electrons. The van der Waals surface area contributed by atoms with Crippen molar-refractivity contribution < 1.29 is 9.53 Å². The quantitative estimate of drug-likeness (QED) is 0.683. The van der Waals surface area contributed by atoms with E-state index in [0.717, 1.165) is 0 Å². The van der Waals surface area contributed by atoms with Gasteiger partial charge in [0, 0.05) is 5.02 Å². The highest BCUT2D eigenvalue weighted by Gasteiger charge is 2.10. The third kappa shape index (κ3) is 3.31. The van der Waals surface area contributed by atoms with Crippen LogP contribution in [0, 0.1) is 6.92 Å². The van der Waals surface area contributed by atoms with Crippen LogP contribution in [0.5, 0.6) is 0 Å². The van der Waals surface area contributed by atoms with Crippen molar-refractivity contribution in [1.29, 1.82) is 0 Å². The number of carbonyl (C=O) groups is 1. The number of para-hydroxylation sites is 1. The van der Waals surface area contributed by atoms with Crippen molar-refractivity contribution in [3.8, 4) is 0 Å². The van der Waals surface area contributed by atoms with E-state index in [1.54, 1.807) is 49.4 Å². The molecule has 122 valence electrons. The molecule has 0 aliphatic rings. The van der Waals surface area contributed by atoms with Gasteiger partial charge in [0.15, 0.2) is 0 Å². The van der Waals surface area contributed by atoms with Crippen molar-refractivity contribution in [2.24, 2.45) is 0 Å². The number of rotatable bonds is 4. The number of nitrogens with zero attached hydrogens (tertiary/aromatic N) is 2. The normalized spacial score (nSPS) is 10.8. The number of aryl methyl sites for hydroxylation is 1. The summed E-state index contributed by atoms with van der Waals surface area (Å²) < 4.78 is 6.73. The standard InChI is InChI=1S/C18H15ClN2O3/c1-12-20-16-8-3-2-7-15(16)17(22)21(12)9-10-24-18(23)13-5-4-6-14(19)11-13/h2-8,11H,9-10H2,1H3. The summed E-state index contributed by atoms with van der Waals surface area (Å²) in [5, 5.41) is 1.01. The highest BCUT2D eigenvalue weighted by Crippen LogP contribution is 2.12. The first-order valence-corrected chi connectivity index (χ1v) is 7.83. The van der Waals surface area contributed by atoms with Crippen molar-refractivity contribution >= 4 is 28.5 Å². The first kappa shape index (κ1) is 16.2. The Hall–Kier alpha value is -2.66. The molecule has 0 aliphatic carbocycles. The van der Waals surface area contributed by atoms with E-state index in [-0.39, 0.29) is 18.7 Å². The molecule has 0 bridgehead atoms. The maximum atomic E-state index is 12.5. The summed E-state index contributed by atoms with van der Waals surface area (Å²) in [5.74, 6) is 0.106. The van der Waals surface area contributed by atoms with Gasteiger partial charge in [-0.2, -0.15) is 0 Å². The van der Waals surface area contributed by atoms with Crippen LogP contribution in [0.4, 0.5) is 0 Å². The Morgan fingerprint density at radius 2 is 2.00 bits per heavy atom. The molecule has 0 unspecified atom stereocenters. The van der Waals surface area contributed by atoms with Gasteiger partial charge in [0.25, 0.3) is 5.56 Å². The van der Waals surface area contributed by atoms with E-state index in [0.29, 0.717) is 27.3 Å². The molecule has 0 fully saturated rings. The lowest BCUT2D eigenvalue weighted by atomic mass is 10.2. The van der Waals surface area contributed by atoms with Crippen LogP contribution in [0.2, 0.25) is 5.02 Å². The Labute approximate surface area is 143 Å². The minimum absolute atomic E-state index is 0.0755. The van der Waals surface area contributed by atoms with Crippen LogP contribution in [0.3, 0.4) is 0 Å². The lowest BCUT2D eigenvalue weighted by molar-refractivity contribution is 0.0489. The average Bonchev–Trinajstić information content (AvgIpc) is 2.57. The van der Waals surface area contributed by atoms with E-state index in [1.807, 2.05) is 6.07 Å². The summed E-state index contributed by atoms with van der Waals surface area (Å²) >= 11 is 5.85. The van der Waals surface area contributed by atoms with Gasteiger partial charge in [-0.05, 0) is 37.3 Å². The predicted octanol–water partition coefficient (Wildman–Crippen LogP) is 3.22. The zero-order valence-corrected chi connectivity index (χ0v) is 13.8. The van der Waals surface area contributed by atoms with Gasteiger partial charge < -0.3 is 4.74 Å². The maximum Gasteiger partial charge on any atom is 0.338 e. The number of hydrogen-bond donors (Lipinski definition) is 0. The fraction of sp³-hybridized carbons (Fsp3) is 0.167. The van der Waals surface area contributed by atoms with Crippen LogP contribution >= 0.6 is 11.6 Å². The molecule has 0 saturated carbocycles. The molecule has 0 aliphatic heterocycles. The fourth-order valence-corrected chi connectivity index (χ4v) is 2.66. The van der Waals surface area contributed by atoms with Gasteiger partial charge in [-0.3, -0.25) is 9.36 Å². The van der Waals surface area contributed by atoms with E-state index >= 15 is 0 Å². The first-order chi connectivity index (χ1) is 11.6. The molecule has 3 aromatic rings. The van der Waals surface area contributed by atoms with Crippen LogP contribution in [-0.2, 0) is 11.3 Å². The number of ether oxygens (including phenoxy) is 1. The Morgan fingerprint density at radius 1 is 1.21 bits per heavy atom. The molecule has 6 heteroatoms. The third-order valence-electron chi connectivity index (χ3n) is 3.66. The largest absolute Gasteiger partial charge is 0.460 e. The topological polar surface area (TPSA) is 61.2 Å². The van der Waals surface area contributed by atoms with Gasteiger partial charge in [0.2, 0.25) is 0 Å². The fourth-order valence-electron chi connectivity index (χ4n) is 2.47. The van der Waals surface area contributed by atoms with E-state index in [4.69, 9.17) is 16.3 Å². The van der Waals surface area contributed by atoms with Crippen LogP contribution in [0.25, 0.3) is 10.9 Å². The molecular formula is C18H15ClN2O3. The highest BCUT2D eigenvalue weighted by molar-refractivity contribution is 6.30. The molecule has 1 heterocycles. The van der Waals surface area contributed by atoms with E-state index in [9.17, 15) is 9.59 Å². The van der Waals surface area contributed by atoms with Gasteiger partial charge in [-0.1, -0.05) is 29.8 Å². The van der Waals surface area contributed by atoms with Crippen molar-refractivity contribution in [2.45, 2.75) is 13.5 Å². The Morgan fingerprint density at radius 3 is 2.79 bits per heavy atom. The number of hydrogen-bond acceptors (Lipinski definition) is 4. The molecule has 1 aromatic heterocycles. The molecule has 0 amide bonds. The molecule has 0 atom stereocenters. The SMILES string of the molecule is Cc1nc2ccccc2c(=O)n1CCOC(=O)c1cccc(Cl)c1. The van der Waals surface area contributed by atoms with Crippen LogP contribution in [-0.4, -0.2) is 22.1 Å². The number of aromatic nitrogens is 2. The lowest BCUT2D eigenvalue weighted by Crippen LogP contribution is -2.26. The summed E-state index contributed by atoms with van der Waals surface area (Å²) in [6, 6.07) is 13.7. The number of benzene rings is 2. The summed E-state index contributed by atoms with van der Waals surface area (Å²) in [7, 11) is 0. The Bertz CT molecular complexity index is 966. The van der Waals surface area contributed by atoms with E-state index < -0.39 is 5.97 Å². The zero-order chi connectivity index (χ0) is 17.1. The predicted molar refractivity (Wildman–Crippen MR) is 92.5 cm³/mol. The van der Waals surface area contributed by atoms with Crippen molar-refractivity contribution in [1.82, 2.24) is 9.55 Å². The van der Waals surface area contributed by atoms with Crippen LogP contribution < -0.4 is 5.56 Å². The number of fused-ring (bicyclic) bond motifs is 1. The second-order valence-corrected chi connectivity index (χ2v) is 5.72. The van der Waals surface area contributed by atoms with Crippen molar-refractivity contribution in [3.63, 3.8) is 0 Å². The van der Waals surface area contributed by atoms with Gasteiger partial charge in [-0.25, -0.2) is 9.78 Å². The lowest BCUT2D eigenvalue weighted by Gasteiger charge is -2.11. The van der Waals surface area contributed by atoms with Gasteiger partial charge in [0.05, 0.1) is 23.0 Å². The molecule has 0 spiro atoms. The summed E-state index contributed by atoms with van der Waals surface area (Å²) in [6.07, 6.45) is 0. The molecule has 24 heavy (non-hydrogen) atoms. The second kappa shape index (κ2) is 6.84. The second-order valence-electron chi connectivity index (χ2n) is 5.28. The summed E-state index contributed by atoms with van der Waals surface area (Å²) in [5.41, 5.74) is 0.896. The highest BCUT2D eigenvalue weighted by atomic mass is 35.5. The monoisotopic (exact) mass is 342 g/mol. The molecule has 3 rings (SSSR count). The van der Waals surface area contributed by atoms with Crippen LogP contribution in [0.1, 0.15) is 16.2 Å². The molecule has 2 aromatic carbocycles. The van der Waals surface area contributed by atoms with Crippen LogP contribution in [0.15, 0.2) is 53.3 Å². The minimum atomic E-state index is -0.475. The van der Waals surface area contributed by atoms with Crippen molar-refractivity contribution in [3.05, 3.63) is 75.3 Å². The smallest absolute Gasteiger partial charge is 0.338 e. The zero-order valence-electron chi connectivity index (χ0n) is 13.0. The number of halogens is 1. The molecule has 0 saturated heterocycles. The van der Waals surface area contributed by atoms with Crippen molar-refractivity contribution in [2.75, 3.05) is 6.61 Å². The average molecular weight is 343 g/mol. The number of esters is 1. The first-order valence-electron chi connectivity index (χ1n) is 7.45.